The van der Waals surface area contributed by atoms with Gasteiger partial charge < -0.3 is 4.74 Å². The average Bonchev–Trinajstić information content (AvgIpc) is 3.16. The molecule has 0 saturated heterocycles. The number of esters is 1. The molecule has 0 fully saturated rings. The molecule has 0 radical (unpaired) electrons. The molecule has 0 bridgehead atoms. The first-order chi connectivity index (χ1) is 12.4. The molecule has 1 aliphatic rings. The second-order valence-corrected chi connectivity index (χ2v) is 7.33. The number of hydrogen-bond acceptors (Lipinski definition) is 8. The predicted molar refractivity (Wildman–Crippen MR) is 90.7 cm³/mol. The van der Waals surface area contributed by atoms with Gasteiger partial charge in [0.05, 0.1) is 4.90 Å². The summed E-state index contributed by atoms with van der Waals surface area (Å²) in [5.41, 5.74) is 0.430. The predicted octanol–water partition coefficient (Wildman–Crippen LogP) is 0.254. The van der Waals surface area contributed by atoms with Crippen LogP contribution in [-0.2, 0) is 32.7 Å². The summed E-state index contributed by atoms with van der Waals surface area (Å²) in [4.78, 5) is 16.5. The van der Waals surface area contributed by atoms with E-state index in [0.29, 0.717) is 17.9 Å². The molecule has 1 aliphatic heterocycles. The zero-order chi connectivity index (χ0) is 18.7. The number of rotatable bonds is 6. The summed E-state index contributed by atoms with van der Waals surface area (Å²) in [5.74, 6) is -0.0417. The molecule has 1 N–H and O–H groups in total. The van der Waals surface area contributed by atoms with Crippen LogP contribution in [0.15, 0.2) is 34.2 Å². The van der Waals surface area contributed by atoms with Gasteiger partial charge in [-0.1, -0.05) is 19.1 Å². The lowest BCUT2D eigenvalue weighted by atomic mass is 10.2. The van der Waals surface area contributed by atoms with Gasteiger partial charge in [-0.2, -0.15) is 0 Å². The molecule has 138 valence electrons. The topological polar surface area (TPSA) is 128 Å². The van der Waals surface area contributed by atoms with E-state index >= 15 is 0 Å². The van der Waals surface area contributed by atoms with Gasteiger partial charge in [0.15, 0.2) is 12.4 Å². The fourth-order valence-electron chi connectivity index (χ4n) is 2.44. The van der Waals surface area contributed by atoms with E-state index in [2.05, 4.69) is 25.2 Å². The summed E-state index contributed by atoms with van der Waals surface area (Å²) in [6, 6.07) is 5.54. The van der Waals surface area contributed by atoms with E-state index in [1.165, 1.54) is 13.0 Å². The summed E-state index contributed by atoms with van der Waals surface area (Å²) in [7, 11) is -3.65. The Kier molecular flexibility index (Phi) is 4.98. The molecule has 0 amide bonds. The van der Waals surface area contributed by atoms with Crippen molar-refractivity contribution in [1.29, 1.82) is 0 Å². The van der Waals surface area contributed by atoms with Gasteiger partial charge in [0, 0.05) is 12.1 Å². The Morgan fingerprint density at radius 3 is 2.92 bits per heavy atom. The highest BCUT2D eigenvalue weighted by Gasteiger charge is 2.31. The van der Waals surface area contributed by atoms with Crippen molar-refractivity contribution in [2.75, 3.05) is 0 Å². The molecule has 1 aromatic carbocycles. The number of carbonyl (C=O) groups excluding carboxylic acids is 1. The zero-order valence-electron chi connectivity index (χ0n) is 14.3. The minimum atomic E-state index is -3.65. The van der Waals surface area contributed by atoms with E-state index in [1.54, 1.807) is 22.9 Å². The number of benzene rings is 1. The van der Waals surface area contributed by atoms with E-state index < -0.39 is 22.0 Å². The van der Waals surface area contributed by atoms with Crippen molar-refractivity contribution in [3.63, 3.8) is 0 Å². The lowest BCUT2D eigenvalue weighted by Crippen LogP contribution is -2.27. The Labute approximate surface area is 150 Å². The van der Waals surface area contributed by atoms with Crippen LogP contribution in [0.25, 0.3) is 0 Å². The Balaban J connectivity index is 1.70. The smallest absolute Gasteiger partial charge is 0.331 e. The first-order valence-corrected chi connectivity index (χ1v) is 9.52. The number of carbonyl (C=O) groups is 1. The minimum Gasteiger partial charge on any atom is -0.456 e. The van der Waals surface area contributed by atoms with Crippen molar-refractivity contribution in [2.24, 2.45) is 4.99 Å². The van der Waals surface area contributed by atoms with Crippen molar-refractivity contribution < 1.29 is 17.9 Å². The molecule has 11 heteroatoms. The number of aromatic nitrogens is 4. The Bertz CT molecular complexity index is 953. The van der Waals surface area contributed by atoms with Crippen LogP contribution in [0.3, 0.4) is 0 Å². The number of nitrogens with one attached hydrogen (secondary N) is 1. The molecular formula is C15H18N6O4S. The highest BCUT2D eigenvalue weighted by atomic mass is 32.2. The first-order valence-electron chi connectivity index (χ1n) is 8.04. The number of fused-ring (bicyclic) bond motifs is 1. The van der Waals surface area contributed by atoms with Crippen LogP contribution < -0.4 is 4.72 Å². The van der Waals surface area contributed by atoms with E-state index in [1.807, 2.05) is 6.92 Å². The molecule has 2 aromatic rings. The second kappa shape index (κ2) is 7.20. The normalized spacial score (nSPS) is 17.5. The lowest BCUT2D eigenvalue weighted by molar-refractivity contribution is -0.146. The van der Waals surface area contributed by atoms with Crippen molar-refractivity contribution in [2.45, 2.75) is 44.4 Å². The van der Waals surface area contributed by atoms with Crippen molar-refractivity contribution >= 4 is 21.8 Å². The standard InChI is InChI=1S/C15H18N6O4S/c1-3-8-21-13(17-19-20-21)9-25-15(22)10(2)16-14-11-6-4-5-7-12(11)26(23,24)18-14/h4-7,10H,3,8-9H2,1-2H3,(H,16,18)/t10-/m0/s1. The third-order valence-electron chi connectivity index (χ3n) is 3.71. The molecule has 1 atom stereocenters. The molecule has 10 nitrogen and oxygen atoms in total. The number of aliphatic imine (C=N–C) groups is 1. The molecule has 0 aliphatic carbocycles. The summed E-state index contributed by atoms with van der Waals surface area (Å²) >= 11 is 0. The fraction of sp³-hybridized carbons (Fsp3) is 0.400. The molecule has 0 saturated carbocycles. The second-order valence-electron chi connectivity index (χ2n) is 5.68. The van der Waals surface area contributed by atoms with Crippen LogP contribution >= 0.6 is 0 Å². The van der Waals surface area contributed by atoms with E-state index in [0.717, 1.165) is 6.42 Å². The van der Waals surface area contributed by atoms with Crippen molar-refractivity contribution in [3.8, 4) is 0 Å². The van der Waals surface area contributed by atoms with Crippen molar-refractivity contribution in [3.05, 3.63) is 35.7 Å². The van der Waals surface area contributed by atoms with Crippen LogP contribution in [0.4, 0.5) is 0 Å². The van der Waals surface area contributed by atoms with Crippen LogP contribution in [0.2, 0.25) is 0 Å². The van der Waals surface area contributed by atoms with E-state index in [-0.39, 0.29) is 17.3 Å². The summed E-state index contributed by atoms with van der Waals surface area (Å²) in [6.07, 6.45) is 0.843. The molecular weight excluding hydrogens is 360 g/mol. The number of ether oxygens (including phenoxy) is 1. The Morgan fingerprint density at radius 2 is 2.15 bits per heavy atom. The summed E-state index contributed by atoms with van der Waals surface area (Å²) in [5, 5.41) is 11.2. The van der Waals surface area contributed by atoms with E-state index in [9.17, 15) is 13.2 Å². The number of tetrazole rings is 1. The number of nitrogens with zero attached hydrogens (tertiary/aromatic N) is 5. The highest BCUT2D eigenvalue weighted by molar-refractivity contribution is 7.90. The molecule has 0 spiro atoms. The number of amidine groups is 1. The van der Waals surface area contributed by atoms with Gasteiger partial charge in [-0.25, -0.2) is 17.9 Å². The van der Waals surface area contributed by atoms with Crippen LogP contribution in [0.5, 0.6) is 0 Å². The van der Waals surface area contributed by atoms with Gasteiger partial charge in [-0.15, -0.1) is 5.10 Å². The van der Waals surface area contributed by atoms with Crippen LogP contribution in [-0.4, -0.2) is 46.5 Å². The van der Waals surface area contributed by atoms with Crippen LogP contribution in [0, 0.1) is 0 Å². The third kappa shape index (κ3) is 3.57. The van der Waals surface area contributed by atoms with Gasteiger partial charge in [0.1, 0.15) is 11.9 Å². The number of hydrogen-bond donors (Lipinski definition) is 1. The minimum absolute atomic E-state index is 0.0800. The number of aryl methyl sites for hydroxylation is 1. The molecule has 2 heterocycles. The number of sulfonamides is 1. The largest absolute Gasteiger partial charge is 0.456 e. The van der Waals surface area contributed by atoms with Gasteiger partial charge >= 0.3 is 5.97 Å². The SMILES string of the molecule is CCCn1nnnc1COC(=O)[C@H](C)N=C1NS(=O)(=O)c2ccccc21. The summed E-state index contributed by atoms with van der Waals surface area (Å²) in [6.45, 7) is 4.05. The maximum Gasteiger partial charge on any atom is 0.331 e. The Hall–Kier alpha value is -2.82. The summed E-state index contributed by atoms with van der Waals surface area (Å²) < 4.78 is 33.2. The molecule has 3 rings (SSSR count). The van der Waals surface area contributed by atoms with E-state index in [4.69, 9.17) is 4.74 Å². The average molecular weight is 378 g/mol. The first kappa shape index (κ1) is 18.0. The van der Waals surface area contributed by atoms with Gasteiger partial charge in [0.25, 0.3) is 10.0 Å². The Morgan fingerprint density at radius 1 is 1.38 bits per heavy atom. The molecule has 26 heavy (non-hydrogen) atoms. The molecule has 0 unspecified atom stereocenters. The monoisotopic (exact) mass is 378 g/mol. The van der Waals surface area contributed by atoms with Gasteiger partial charge in [0.2, 0.25) is 0 Å². The quantitative estimate of drug-likeness (QED) is 0.714. The molecule has 1 aromatic heterocycles. The van der Waals surface area contributed by atoms with Gasteiger partial charge in [-0.05, 0) is 35.9 Å². The maximum atomic E-state index is 12.2. The zero-order valence-corrected chi connectivity index (χ0v) is 15.1. The van der Waals surface area contributed by atoms with Crippen molar-refractivity contribution in [1.82, 2.24) is 24.9 Å². The maximum absolute atomic E-state index is 12.2. The lowest BCUT2D eigenvalue weighted by Gasteiger charge is -2.09. The van der Waals surface area contributed by atoms with Crippen LogP contribution in [0.1, 0.15) is 31.7 Å². The highest BCUT2D eigenvalue weighted by Crippen LogP contribution is 2.22. The van der Waals surface area contributed by atoms with Gasteiger partial charge in [-0.3, -0.25) is 9.71 Å². The third-order valence-corrected chi connectivity index (χ3v) is 5.11. The fourth-order valence-corrected chi connectivity index (χ4v) is 3.68.